The van der Waals surface area contributed by atoms with Crippen LogP contribution < -0.4 is 15.8 Å². The molecule has 0 heterocycles. The van der Waals surface area contributed by atoms with E-state index in [1.807, 2.05) is 0 Å². The summed E-state index contributed by atoms with van der Waals surface area (Å²) in [5, 5.41) is 13.1. The Bertz CT molecular complexity index is 1110. The average Bonchev–Trinajstić information content (AvgIpc) is 2.79. The molecule has 34 heavy (non-hydrogen) atoms. The number of nitrogens with zero attached hydrogens (tertiary/aromatic N) is 3. The zero-order chi connectivity index (χ0) is 25.3. The molecule has 1 amide bonds. The molecular weight excluding hydrogens is 460 g/mol. The van der Waals surface area contributed by atoms with Crippen LogP contribution in [0, 0.1) is 28.7 Å². The number of halogens is 4. The van der Waals surface area contributed by atoms with Crippen LogP contribution in [0.1, 0.15) is 36.0 Å². The maximum atomic E-state index is 13.8. The molecule has 4 N–H and O–H groups in total. The molecule has 0 aliphatic carbocycles. The Morgan fingerprint density at radius 2 is 1.82 bits per heavy atom. The van der Waals surface area contributed by atoms with Gasteiger partial charge in [0.25, 0.3) is 5.91 Å². The van der Waals surface area contributed by atoms with Crippen molar-refractivity contribution >= 4 is 23.2 Å². The van der Waals surface area contributed by atoms with Crippen molar-refractivity contribution in [3.8, 4) is 5.75 Å². The molecule has 2 aromatic rings. The summed E-state index contributed by atoms with van der Waals surface area (Å²) in [4.78, 5) is 27.9. The molecular formula is C21H20F4N6O3. The monoisotopic (exact) mass is 480 g/mol. The standard InChI is InChI=1S/C21H20F4N6O3/c22-13-9-14(23)19(25)20(18(13)24)34-10-16(32)15(6-1-2-7-17(26)27)29-21(33)11-4-3-5-12(8-11)30-31-28/h3-5,8-9,15H,1-2,6-7,10H2,(H3,26,27)(H,29,33)/t15-/m0/s1. The van der Waals surface area contributed by atoms with E-state index < -0.39 is 53.4 Å². The number of unbranched alkanes of at least 4 members (excludes halogenated alkanes) is 1. The lowest BCUT2D eigenvalue weighted by molar-refractivity contribution is -0.123. The Labute approximate surface area is 191 Å². The molecule has 1 atom stereocenters. The number of hydrogen-bond acceptors (Lipinski definition) is 5. The highest BCUT2D eigenvalue weighted by Crippen LogP contribution is 2.26. The lowest BCUT2D eigenvalue weighted by atomic mass is 10.0. The molecule has 0 radical (unpaired) electrons. The van der Waals surface area contributed by atoms with Crippen LogP contribution in [0.3, 0.4) is 0 Å². The van der Waals surface area contributed by atoms with E-state index in [1.54, 1.807) is 0 Å². The van der Waals surface area contributed by atoms with Gasteiger partial charge in [-0.3, -0.25) is 15.0 Å². The number of carbonyl (C=O) groups is 2. The second kappa shape index (κ2) is 12.2. The lowest BCUT2D eigenvalue weighted by Gasteiger charge is -2.18. The number of carbonyl (C=O) groups excluding carboxylic acids is 2. The summed E-state index contributed by atoms with van der Waals surface area (Å²) in [5.41, 5.74) is 14.0. The first-order valence-electron chi connectivity index (χ1n) is 9.91. The number of hydrogen-bond donors (Lipinski definition) is 3. The normalized spacial score (nSPS) is 11.3. The first-order chi connectivity index (χ1) is 16.1. The van der Waals surface area contributed by atoms with Crippen LogP contribution in [0.15, 0.2) is 35.4 Å². The number of nitrogens with two attached hydrogens (primary N) is 1. The quantitative estimate of drug-likeness (QED) is 0.0601. The Kier molecular flexibility index (Phi) is 9.38. The predicted molar refractivity (Wildman–Crippen MR) is 114 cm³/mol. The minimum Gasteiger partial charge on any atom is -0.479 e. The van der Waals surface area contributed by atoms with Crippen molar-refractivity contribution in [2.45, 2.75) is 31.7 Å². The highest BCUT2D eigenvalue weighted by molar-refractivity contribution is 5.98. The molecule has 0 bridgehead atoms. The zero-order valence-corrected chi connectivity index (χ0v) is 17.7. The molecule has 2 aromatic carbocycles. The van der Waals surface area contributed by atoms with Crippen molar-refractivity contribution in [1.29, 1.82) is 5.41 Å². The minimum absolute atomic E-state index is 0.00186. The Hall–Kier alpha value is -4.12. The van der Waals surface area contributed by atoms with Gasteiger partial charge in [0.05, 0.1) is 11.9 Å². The van der Waals surface area contributed by atoms with Crippen molar-refractivity contribution in [2.75, 3.05) is 6.61 Å². The first kappa shape index (κ1) is 26.1. The fourth-order valence-corrected chi connectivity index (χ4v) is 2.90. The number of ether oxygens (including phenoxy) is 1. The van der Waals surface area contributed by atoms with Gasteiger partial charge >= 0.3 is 0 Å². The van der Waals surface area contributed by atoms with Crippen LogP contribution in [-0.4, -0.2) is 30.2 Å². The zero-order valence-electron chi connectivity index (χ0n) is 17.7. The van der Waals surface area contributed by atoms with E-state index in [2.05, 4.69) is 15.3 Å². The van der Waals surface area contributed by atoms with Gasteiger partial charge in [-0.15, -0.1) is 0 Å². The van der Waals surface area contributed by atoms with E-state index in [0.717, 1.165) is 0 Å². The van der Waals surface area contributed by atoms with E-state index in [9.17, 15) is 27.2 Å². The minimum atomic E-state index is -1.80. The smallest absolute Gasteiger partial charge is 0.251 e. The maximum absolute atomic E-state index is 13.8. The number of ketones is 1. The van der Waals surface area contributed by atoms with Gasteiger partial charge in [0.1, 0.15) is 6.61 Å². The van der Waals surface area contributed by atoms with Crippen molar-refractivity contribution in [3.63, 3.8) is 0 Å². The molecule has 0 spiro atoms. The van der Waals surface area contributed by atoms with Crippen LogP contribution in [0.25, 0.3) is 10.4 Å². The predicted octanol–water partition coefficient (Wildman–Crippen LogP) is 4.43. The Morgan fingerprint density at radius 1 is 1.15 bits per heavy atom. The summed E-state index contributed by atoms with van der Waals surface area (Å²) < 4.78 is 59.0. The topological polar surface area (TPSA) is 154 Å². The second-order valence-corrected chi connectivity index (χ2v) is 7.09. The van der Waals surface area contributed by atoms with Crippen LogP contribution in [0.4, 0.5) is 23.2 Å². The third kappa shape index (κ3) is 7.20. The summed E-state index contributed by atoms with van der Waals surface area (Å²) in [7, 11) is 0. The van der Waals surface area contributed by atoms with Gasteiger partial charge in [0.15, 0.2) is 23.2 Å². The summed E-state index contributed by atoms with van der Waals surface area (Å²) in [5.74, 6) is -10.0. The average molecular weight is 480 g/mol. The molecule has 0 fully saturated rings. The number of benzene rings is 2. The van der Waals surface area contributed by atoms with Gasteiger partial charge in [-0.25, -0.2) is 8.78 Å². The summed E-state index contributed by atoms with van der Waals surface area (Å²) >= 11 is 0. The van der Waals surface area contributed by atoms with Crippen molar-refractivity contribution in [2.24, 2.45) is 10.8 Å². The Balaban J connectivity index is 2.16. The summed E-state index contributed by atoms with van der Waals surface area (Å²) in [6.45, 7) is -0.993. The maximum Gasteiger partial charge on any atom is 0.251 e. The van der Waals surface area contributed by atoms with Gasteiger partial charge in [0.2, 0.25) is 11.6 Å². The van der Waals surface area contributed by atoms with Gasteiger partial charge < -0.3 is 15.8 Å². The SMILES string of the molecule is [N-]=[N+]=Nc1cccc(C(=O)N[C@@H](CCCCC(=N)N)C(=O)COc2c(F)c(F)cc(F)c2F)c1. The third-order valence-corrected chi connectivity index (χ3v) is 4.58. The molecule has 0 aromatic heterocycles. The van der Waals surface area contributed by atoms with E-state index in [4.69, 9.17) is 21.4 Å². The molecule has 9 nitrogen and oxygen atoms in total. The number of Topliss-reactive ketones (excluding diaryl/α,β-unsaturated/α-hetero) is 1. The molecule has 2 rings (SSSR count). The second-order valence-electron chi connectivity index (χ2n) is 7.09. The molecule has 13 heteroatoms. The van der Waals surface area contributed by atoms with E-state index >= 15 is 0 Å². The van der Waals surface area contributed by atoms with Crippen molar-refractivity contribution in [1.82, 2.24) is 5.32 Å². The first-order valence-corrected chi connectivity index (χ1v) is 9.91. The Morgan fingerprint density at radius 3 is 2.44 bits per heavy atom. The van der Waals surface area contributed by atoms with Crippen molar-refractivity contribution in [3.05, 3.63) is 69.6 Å². The lowest BCUT2D eigenvalue weighted by Crippen LogP contribution is -2.43. The fourth-order valence-electron chi connectivity index (χ4n) is 2.90. The molecule has 0 aliphatic heterocycles. The van der Waals surface area contributed by atoms with E-state index in [0.29, 0.717) is 12.8 Å². The van der Waals surface area contributed by atoms with E-state index in [-0.39, 0.29) is 36.0 Å². The molecule has 0 aliphatic rings. The van der Waals surface area contributed by atoms with Gasteiger partial charge in [0, 0.05) is 28.6 Å². The third-order valence-electron chi connectivity index (χ3n) is 4.58. The van der Waals surface area contributed by atoms with Crippen molar-refractivity contribution < 1.29 is 31.9 Å². The van der Waals surface area contributed by atoms with Gasteiger partial charge in [-0.05, 0) is 30.5 Å². The highest BCUT2D eigenvalue weighted by Gasteiger charge is 2.25. The van der Waals surface area contributed by atoms with Crippen LogP contribution in [-0.2, 0) is 4.79 Å². The van der Waals surface area contributed by atoms with Crippen LogP contribution >= 0.6 is 0 Å². The number of azide groups is 1. The van der Waals surface area contributed by atoms with Gasteiger partial charge in [-0.2, -0.15) is 8.78 Å². The number of amides is 1. The highest BCUT2D eigenvalue weighted by atomic mass is 19.2. The number of nitrogens with one attached hydrogen (secondary N) is 2. The van der Waals surface area contributed by atoms with E-state index in [1.165, 1.54) is 24.3 Å². The molecule has 0 unspecified atom stereocenters. The fraction of sp³-hybridized carbons (Fsp3) is 0.286. The number of rotatable bonds is 12. The largest absolute Gasteiger partial charge is 0.479 e. The van der Waals surface area contributed by atoms with Crippen LogP contribution in [0.2, 0.25) is 0 Å². The summed E-state index contributed by atoms with van der Waals surface area (Å²) in [6.07, 6.45) is 1.06. The molecule has 0 saturated carbocycles. The van der Waals surface area contributed by atoms with Crippen LogP contribution in [0.5, 0.6) is 5.75 Å². The summed E-state index contributed by atoms with van der Waals surface area (Å²) in [6, 6.07) is 4.39. The number of amidine groups is 1. The molecule has 180 valence electrons. The molecule has 0 saturated heterocycles. The van der Waals surface area contributed by atoms with Gasteiger partial charge in [-0.1, -0.05) is 23.7 Å².